The first-order valence-electron chi connectivity index (χ1n) is 4.98. The van der Waals surface area contributed by atoms with Crippen molar-refractivity contribution in [3.8, 4) is 5.75 Å². The summed E-state index contributed by atoms with van der Waals surface area (Å²) in [5, 5.41) is 0. The van der Waals surface area contributed by atoms with E-state index in [1.807, 2.05) is 26.0 Å². The van der Waals surface area contributed by atoms with Gasteiger partial charge in [0.05, 0.1) is 6.61 Å². The zero-order valence-corrected chi connectivity index (χ0v) is 9.37. The lowest BCUT2D eigenvalue weighted by atomic mass is 10.1. The van der Waals surface area contributed by atoms with Gasteiger partial charge in [-0.15, -0.1) is 0 Å². The highest BCUT2D eigenvalue weighted by Crippen LogP contribution is 2.15. The molecule has 0 aliphatic carbocycles. The molecule has 0 bridgehead atoms. The molecule has 3 nitrogen and oxygen atoms in total. The van der Waals surface area contributed by atoms with Crippen molar-refractivity contribution in [2.45, 2.75) is 20.8 Å². The van der Waals surface area contributed by atoms with E-state index in [2.05, 4.69) is 6.07 Å². The predicted molar refractivity (Wildman–Crippen MR) is 58.0 cm³/mol. The molecule has 0 aromatic heterocycles. The van der Waals surface area contributed by atoms with Gasteiger partial charge in [0.25, 0.3) is 0 Å². The van der Waals surface area contributed by atoms with Crippen LogP contribution < -0.4 is 4.74 Å². The number of esters is 1. The van der Waals surface area contributed by atoms with E-state index in [0.717, 1.165) is 11.1 Å². The van der Waals surface area contributed by atoms with Crippen molar-refractivity contribution in [2.24, 2.45) is 0 Å². The Labute approximate surface area is 90.0 Å². The molecule has 0 unspecified atom stereocenters. The Hall–Kier alpha value is -1.51. The number of rotatable bonds is 4. The molecule has 0 aliphatic heterocycles. The maximum Gasteiger partial charge on any atom is 0.344 e. The summed E-state index contributed by atoms with van der Waals surface area (Å²) in [5.41, 5.74) is 2.24. The van der Waals surface area contributed by atoms with Crippen molar-refractivity contribution in [1.82, 2.24) is 0 Å². The largest absolute Gasteiger partial charge is 0.482 e. The standard InChI is InChI=1S/C12H16O3/c1-4-14-12(13)8-15-11-6-9(2)5-10(3)7-11/h5-7H,4,8H2,1-3H3. The molecule has 0 N–H and O–H groups in total. The fourth-order valence-corrected chi connectivity index (χ4v) is 1.36. The van der Waals surface area contributed by atoms with E-state index < -0.39 is 0 Å². The van der Waals surface area contributed by atoms with Crippen LogP contribution in [0.15, 0.2) is 18.2 Å². The Morgan fingerprint density at radius 1 is 1.20 bits per heavy atom. The summed E-state index contributed by atoms with van der Waals surface area (Å²) >= 11 is 0. The second kappa shape index (κ2) is 5.39. The van der Waals surface area contributed by atoms with Crippen LogP contribution in [-0.2, 0) is 9.53 Å². The molecule has 0 fully saturated rings. The lowest BCUT2D eigenvalue weighted by molar-refractivity contribution is -0.145. The number of ether oxygens (including phenoxy) is 2. The van der Waals surface area contributed by atoms with E-state index in [-0.39, 0.29) is 12.6 Å². The summed E-state index contributed by atoms with van der Waals surface area (Å²) in [5.74, 6) is 0.372. The van der Waals surface area contributed by atoms with Crippen molar-refractivity contribution >= 4 is 5.97 Å². The fourth-order valence-electron chi connectivity index (χ4n) is 1.36. The summed E-state index contributed by atoms with van der Waals surface area (Å²) in [6.45, 7) is 6.11. The highest BCUT2D eigenvalue weighted by atomic mass is 16.6. The molecule has 15 heavy (non-hydrogen) atoms. The second-order valence-corrected chi connectivity index (χ2v) is 3.42. The molecule has 0 saturated heterocycles. The maximum absolute atomic E-state index is 11.0. The van der Waals surface area contributed by atoms with E-state index >= 15 is 0 Å². The van der Waals surface area contributed by atoms with Gasteiger partial charge in [0.15, 0.2) is 6.61 Å². The lowest BCUT2D eigenvalue weighted by Crippen LogP contribution is -2.14. The Morgan fingerprint density at radius 2 is 1.80 bits per heavy atom. The molecule has 1 aromatic rings. The van der Waals surface area contributed by atoms with Crippen molar-refractivity contribution in [3.63, 3.8) is 0 Å². The number of benzene rings is 1. The minimum absolute atomic E-state index is 0.0310. The third-order valence-electron chi connectivity index (χ3n) is 1.86. The SMILES string of the molecule is CCOC(=O)COc1cc(C)cc(C)c1. The van der Waals surface area contributed by atoms with Crippen LogP contribution >= 0.6 is 0 Å². The van der Waals surface area contributed by atoms with Crippen molar-refractivity contribution in [2.75, 3.05) is 13.2 Å². The first kappa shape index (κ1) is 11.6. The molecule has 0 spiro atoms. The maximum atomic E-state index is 11.0. The van der Waals surface area contributed by atoms with Crippen molar-refractivity contribution in [3.05, 3.63) is 29.3 Å². The van der Waals surface area contributed by atoms with Crippen LogP contribution in [0.1, 0.15) is 18.1 Å². The van der Waals surface area contributed by atoms with Gasteiger partial charge >= 0.3 is 5.97 Å². The van der Waals surface area contributed by atoms with Gasteiger partial charge in [-0.1, -0.05) is 6.07 Å². The first-order chi connectivity index (χ1) is 7.11. The Kier molecular flexibility index (Phi) is 4.16. The van der Waals surface area contributed by atoms with Gasteiger partial charge in [0.1, 0.15) is 5.75 Å². The average molecular weight is 208 g/mol. The van der Waals surface area contributed by atoms with Gasteiger partial charge in [0.2, 0.25) is 0 Å². The topological polar surface area (TPSA) is 35.5 Å². The first-order valence-corrected chi connectivity index (χ1v) is 4.98. The number of carbonyl (C=O) groups is 1. The van der Waals surface area contributed by atoms with Crippen LogP contribution in [0.5, 0.6) is 5.75 Å². The molecule has 0 radical (unpaired) electrons. The monoisotopic (exact) mass is 208 g/mol. The number of hydrogen-bond acceptors (Lipinski definition) is 3. The minimum Gasteiger partial charge on any atom is -0.482 e. The molecule has 0 saturated carbocycles. The lowest BCUT2D eigenvalue weighted by Gasteiger charge is -2.07. The number of carbonyl (C=O) groups excluding carboxylic acids is 1. The fraction of sp³-hybridized carbons (Fsp3) is 0.417. The molecule has 0 aliphatic rings. The van der Waals surface area contributed by atoms with Crippen LogP contribution in [0.25, 0.3) is 0 Å². The van der Waals surface area contributed by atoms with Gasteiger partial charge in [-0.25, -0.2) is 4.79 Å². The summed E-state index contributed by atoms with van der Waals surface area (Å²) < 4.78 is 10.1. The van der Waals surface area contributed by atoms with Gasteiger partial charge in [-0.2, -0.15) is 0 Å². The van der Waals surface area contributed by atoms with Crippen molar-refractivity contribution < 1.29 is 14.3 Å². The Balaban J connectivity index is 2.54. The number of hydrogen-bond donors (Lipinski definition) is 0. The van der Waals surface area contributed by atoms with Crippen molar-refractivity contribution in [1.29, 1.82) is 0 Å². The molecular formula is C12H16O3. The molecule has 1 aromatic carbocycles. The average Bonchev–Trinajstić information content (AvgIpc) is 2.14. The van der Waals surface area contributed by atoms with E-state index in [0.29, 0.717) is 12.4 Å². The Morgan fingerprint density at radius 3 is 2.33 bits per heavy atom. The van der Waals surface area contributed by atoms with E-state index in [1.165, 1.54) is 0 Å². The Bertz CT molecular complexity index is 324. The second-order valence-electron chi connectivity index (χ2n) is 3.42. The van der Waals surface area contributed by atoms with E-state index in [4.69, 9.17) is 9.47 Å². The molecule has 3 heteroatoms. The van der Waals surface area contributed by atoms with Gasteiger partial charge in [-0.3, -0.25) is 0 Å². The minimum atomic E-state index is -0.336. The summed E-state index contributed by atoms with van der Waals surface area (Å²) in [6, 6.07) is 5.84. The van der Waals surface area contributed by atoms with E-state index in [9.17, 15) is 4.79 Å². The van der Waals surface area contributed by atoms with Crippen LogP contribution in [0.4, 0.5) is 0 Å². The third-order valence-corrected chi connectivity index (χ3v) is 1.86. The van der Waals surface area contributed by atoms with Crippen LogP contribution in [0, 0.1) is 13.8 Å². The summed E-state index contributed by atoms with van der Waals surface area (Å²) in [4.78, 5) is 11.0. The highest BCUT2D eigenvalue weighted by molar-refractivity contribution is 5.71. The number of aryl methyl sites for hydroxylation is 2. The van der Waals surface area contributed by atoms with Crippen LogP contribution in [0.2, 0.25) is 0 Å². The predicted octanol–water partition coefficient (Wildman–Crippen LogP) is 2.25. The summed E-state index contributed by atoms with van der Waals surface area (Å²) in [6.07, 6.45) is 0. The molecular weight excluding hydrogens is 192 g/mol. The quantitative estimate of drug-likeness (QED) is 0.712. The zero-order chi connectivity index (χ0) is 11.3. The summed E-state index contributed by atoms with van der Waals surface area (Å²) in [7, 11) is 0. The smallest absolute Gasteiger partial charge is 0.344 e. The van der Waals surface area contributed by atoms with Gasteiger partial charge in [0, 0.05) is 0 Å². The zero-order valence-electron chi connectivity index (χ0n) is 9.37. The van der Waals surface area contributed by atoms with Gasteiger partial charge < -0.3 is 9.47 Å². The highest BCUT2D eigenvalue weighted by Gasteiger charge is 2.03. The molecule has 82 valence electrons. The van der Waals surface area contributed by atoms with Gasteiger partial charge in [-0.05, 0) is 44.0 Å². The van der Waals surface area contributed by atoms with Crippen LogP contribution in [0.3, 0.4) is 0 Å². The normalized spacial score (nSPS) is 9.80. The molecule has 0 amide bonds. The third kappa shape index (κ3) is 4.02. The van der Waals surface area contributed by atoms with E-state index in [1.54, 1.807) is 6.92 Å². The van der Waals surface area contributed by atoms with Crippen LogP contribution in [-0.4, -0.2) is 19.2 Å². The molecule has 0 atom stereocenters. The molecule has 0 heterocycles. The molecule has 1 rings (SSSR count).